The lowest BCUT2D eigenvalue weighted by Crippen LogP contribution is -2.49. The Morgan fingerprint density at radius 1 is 1.13 bits per heavy atom. The molecule has 2 heterocycles. The number of amides is 1. The maximum Gasteiger partial charge on any atom is 0.243 e. The van der Waals surface area contributed by atoms with Crippen LogP contribution in [0.15, 0.2) is 47.4 Å². The van der Waals surface area contributed by atoms with Gasteiger partial charge in [-0.1, -0.05) is 26.0 Å². The number of hydrogen-bond acceptors (Lipinski definition) is 7. The summed E-state index contributed by atoms with van der Waals surface area (Å²) in [5.74, 6) is 1.28. The fraction of sp³-hybridized carbons (Fsp3) is 0.481. The highest BCUT2D eigenvalue weighted by molar-refractivity contribution is 7.89. The van der Waals surface area contributed by atoms with Gasteiger partial charge in [0, 0.05) is 30.1 Å². The topological polar surface area (TPSA) is 130 Å². The third-order valence-electron chi connectivity index (χ3n) is 7.05. The van der Waals surface area contributed by atoms with Crippen molar-refractivity contribution in [1.29, 1.82) is 0 Å². The zero-order valence-electron chi connectivity index (χ0n) is 22.4. The summed E-state index contributed by atoms with van der Waals surface area (Å²) in [5, 5.41) is 16.9. The second kappa shape index (κ2) is 11.6. The van der Waals surface area contributed by atoms with E-state index in [4.69, 9.17) is 4.74 Å². The molecule has 1 amide bonds. The normalized spacial score (nSPS) is 15.4. The first-order valence-electron chi connectivity index (χ1n) is 12.9. The molecule has 0 unspecified atom stereocenters. The number of rotatable bonds is 10. The van der Waals surface area contributed by atoms with Crippen LogP contribution in [0.3, 0.4) is 0 Å². The standard InChI is InChI=1S/C27H36N6O4S/c1-19-6-7-20(2)24(18-19)37-17-5-14-27(3,4)26(34)28-22-12-15-33(16-13-22)38(35,36)23-10-8-21(9-11-23)25-29-31-32-30-25/h6-11,18,22H,5,12-17H2,1-4H3,(H,28,34)(H,29,30,31,32). The average molecular weight is 541 g/mol. The van der Waals surface area contributed by atoms with Crippen molar-refractivity contribution >= 4 is 15.9 Å². The van der Waals surface area contributed by atoms with Crippen LogP contribution in [0.4, 0.5) is 0 Å². The molecule has 0 saturated carbocycles. The van der Waals surface area contributed by atoms with Crippen LogP contribution in [0.1, 0.15) is 50.7 Å². The molecule has 1 aliphatic heterocycles. The summed E-state index contributed by atoms with van der Waals surface area (Å²) in [6.07, 6.45) is 2.59. The largest absolute Gasteiger partial charge is 0.493 e. The molecule has 1 aromatic heterocycles. The molecule has 1 aliphatic rings. The maximum absolute atomic E-state index is 13.1. The first kappa shape index (κ1) is 27.7. The van der Waals surface area contributed by atoms with Gasteiger partial charge < -0.3 is 10.1 Å². The van der Waals surface area contributed by atoms with Gasteiger partial charge in [0.1, 0.15) is 5.75 Å². The number of hydrogen-bond donors (Lipinski definition) is 2. The van der Waals surface area contributed by atoms with E-state index in [1.54, 1.807) is 24.3 Å². The molecule has 1 fully saturated rings. The summed E-state index contributed by atoms with van der Waals surface area (Å²) in [7, 11) is -3.63. The number of H-pyrrole nitrogens is 1. The zero-order valence-corrected chi connectivity index (χ0v) is 23.2. The quantitative estimate of drug-likeness (QED) is 0.376. The number of nitrogens with one attached hydrogen (secondary N) is 2. The highest BCUT2D eigenvalue weighted by atomic mass is 32.2. The van der Waals surface area contributed by atoms with Gasteiger partial charge in [-0.25, -0.2) is 8.42 Å². The van der Waals surface area contributed by atoms with E-state index in [0.29, 0.717) is 50.3 Å². The Morgan fingerprint density at radius 2 is 1.84 bits per heavy atom. The van der Waals surface area contributed by atoms with Crippen molar-refractivity contribution in [1.82, 2.24) is 30.2 Å². The molecule has 2 N–H and O–H groups in total. The maximum atomic E-state index is 13.1. The van der Waals surface area contributed by atoms with E-state index < -0.39 is 15.4 Å². The molecular weight excluding hydrogens is 504 g/mol. The summed E-state index contributed by atoms with van der Waals surface area (Å²) >= 11 is 0. The number of piperidine rings is 1. The number of aromatic nitrogens is 4. The molecule has 204 valence electrons. The smallest absolute Gasteiger partial charge is 0.243 e. The van der Waals surface area contributed by atoms with Crippen molar-refractivity contribution in [2.45, 2.75) is 64.3 Å². The predicted octanol–water partition coefficient (Wildman–Crippen LogP) is 3.64. The average Bonchev–Trinajstić information content (AvgIpc) is 3.44. The van der Waals surface area contributed by atoms with E-state index in [1.165, 1.54) is 4.31 Å². The zero-order chi connectivity index (χ0) is 27.3. The molecule has 1 saturated heterocycles. The van der Waals surface area contributed by atoms with Crippen LogP contribution in [0.5, 0.6) is 5.75 Å². The number of aryl methyl sites for hydroxylation is 2. The lowest BCUT2D eigenvalue weighted by Gasteiger charge is -2.34. The second-order valence-electron chi connectivity index (χ2n) is 10.5. The van der Waals surface area contributed by atoms with E-state index >= 15 is 0 Å². The second-order valence-corrected chi connectivity index (χ2v) is 12.5. The molecule has 3 aromatic rings. The number of aromatic amines is 1. The number of benzene rings is 2. The van der Waals surface area contributed by atoms with Gasteiger partial charge in [-0.15, -0.1) is 10.2 Å². The minimum atomic E-state index is -3.63. The molecule has 0 aliphatic carbocycles. The number of tetrazole rings is 1. The minimum Gasteiger partial charge on any atom is -0.493 e. The number of ether oxygens (including phenoxy) is 1. The summed E-state index contributed by atoms with van der Waals surface area (Å²) < 4.78 is 33.7. The highest BCUT2D eigenvalue weighted by Gasteiger charge is 2.33. The van der Waals surface area contributed by atoms with Gasteiger partial charge in [0.15, 0.2) is 0 Å². The molecule has 0 spiro atoms. The lowest BCUT2D eigenvalue weighted by atomic mass is 9.86. The van der Waals surface area contributed by atoms with E-state index in [0.717, 1.165) is 23.3 Å². The van der Waals surface area contributed by atoms with Crippen LogP contribution >= 0.6 is 0 Å². The Hall–Kier alpha value is -3.31. The van der Waals surface area contributed by atoms with Gasteiger partial charge in [0.05, 0.1) is 11.5 Å². The van der Waals surface area contributed by atoms with E-state index in [-0.39, 0.29) is 16.8 Å². The Labute approximate surface area is 224 Å². The SMILES string of the molecule is Cc1ccc(C)c(OCCCC(C)(C)C(=O)NC2CCN(S(=O)(=O)c3ccc(-c4nn[nH]n4)cc3)CC2)c1. The number of carbonyl (C=O) groups excluding carboxylic acids is 1. The van der Waals surface area contributed by atoms with Gasteiger partial charge in [0.25, 0.3) is 0 Å². The lowest BCUT2D eigenvalue weighted by molar-refractivity contribution is -0.130. The first-order chi connectivity index (χ1) is 18.1. The highest BCUT2D eigenvalue weighted by Crippen LogP contribution is 2.27. The summed E-state index contributed by atoms with van der Waals surface area (Å²) in [4.78, 5) is 13.2. The Bertz CT molecular complexity index is 1330. The molecule has 10 nitrogen and oxygen atoms in total. The molecule has 2 aromatic carbocycles. The van der Waals surface area contributed by atoms with Crippen LogP contribution < -0.4 is 10.1 Å². The van der Waals surface area contributed by atoms with Crippen LogP contribution in [-0.2, 0) is 14.8 Å². The summed E-state index contributed by atoms with van der Waals surface area (Å²) in [6, 6.07) is 12.5. The predicted molar refractivity (Wildman–Crippen MR) is 144 cm³/mol. The summed E-state index contributed by atoms with van der Waals surface area (Å²) in [6.45, 7) is 9.20. The Balaban J connectivity index is 1.24. The number of carbonyl (C=O) groups is 1. The van der Waals surface area contributed by atoms with Crippen molar-refractivity contribution in [3.8, 4) is 17.1 Å². The molecule has 38 heavy (non-hydrogen) atoms. The van der Waals surface area contributed by atoms with Crippen LogP contribution in [0, 0.1) is 19.3 Å². The van der Waals surface area contributed by atoms with E-state index in [2.05, 4.69) is 32.0 Å². The molecule has 0 atom stereocenters. The fourth-order valence-corrected chi connectivity index (χ4v) is 5.97. The fourth-order valence-electron chi connectivity index (χ4n) is 4.50. The van der Waals surface area contributed by atoms with E-state index in [9.17, 15) is 13.2 Å². The van der Waals surface area contributed by atoms with Crippen molar-refractivity contribution < 1.29 is 17.9 Å². The third kappa shape index (κ3) is 6.57. The molecule has 0 bridgehead atoms. The summed E-state index contributed by atoms with van der Waals surface area (Å²) in [5.41, 5.74) is 2.39. The van der Waals surface area contributed by atoms with Crippen LogP contribution in [0.25, 0.3) is 11.4 Å². The van der Waals surface area contributed by atoms with Crippen molar-refractivity contribution in [3.63, 3.8) is 0 Å². The van der Waals surface area contributed by atoms with Crippen molar-refractivity contribution in [2.24, 2.45) is 5.41 Å². The first-order valence-corrected chi connectivity index (χ1v) is 14.4. The van der Waals surface area contributed by atoms with Gasteiger partial charge >= 0.3 is 0 Å². The Kier molecular flexibility index (Phi) is 8.47. The van der Waals surface area contributed by atoms with Crippen molar-refractivity contribution in [3.05, 3.63) is 53.6 Å². The van der Waals surface area contributed by atoms with Crippen molar-refractivity contribution in [2.75, 3.05) is 19.7 Å². The van der Waals surface area contributed by atoms with Gasteiger partial charge in [0.2, 0.25) is 21.8 Å². The molecule has 11 heteroatoms. The molecular formula is C27H36N6O4S. The van der Waals surface area contributed by atoms with Gasteiger partial charge in [-0.05, 0) is 86.2 Å². The molecule has 4 rings (SSSR count). The van der Waals surface area contributed by atoms with Crippen LogP contribution in [-0.4, -0.2) is 65.0 Å². The van der Waals surface area contributed by atoms with E-state index in [1.807, 2.05) is 39.8 Å². The number of nitrogens with zero attached hydrogens (tertiary/aromatic N) is 4. The van der Waals surface area contributed by atoms with Crippen LogP contribution in [0.2, 0.25) is 0 Å². The third-order valence-corrected chi connectivity index (χ3v) is 8.96. The minimum absolute atomic E-state index is 0.0115. The molecule has 0 radical (unpaired) electrons. The monoisotopic (exact) mass is 540 g/mol. The van der Waals surface area contributed by atoms with Gasteiger partial charge in [-0.3, -0.25) is 4.79 Å². The Morgan fingerprint density at radius 3 is 2.50 bits per heavy atom. The van der Waals surface area contributed by atoms with Gasteiger partial charge in [-0.2, -0.15) is 9.52 Å². The number of sulfonamides is 1.